The quantitative estimate of drug-likeness (QED) is 0.899. The van der Waals surface area contributed by atoms with E-state index in [1.165, 1.54) is 23.9 Å². The van der Waals surface area contributed by atoms with Gasteiger partial charge < -0.3 is 19.9 Å². The predicted molar refractivity (Wildman–Crippen MR) is 81.2 cm³/mol. The van der Waals surface area contributed by atoms with Crippen LogP contribution in [-0.4, -0.2) is 16.2 Å². The first-order chi connectivity index (χ1) is 10.6. The fraction of sp³-hybridized carbons (Fsp3) is 0.200. The molecule has 22 heavy (non-hydrogen) atoms. The first-order valence-electron chi connectivity index (χ1n) is 6.64. The standard InChI is InChI=1S/C15H14N2O4S/c1-9(17-15(18)19)10-2-4-11(5-3-10)13-12(16-8-22-13)14-20-6-7-21-14/h2-9,14,17H,1H3,(H,18,19)/t9-/m0/s1. The van der Waals surface area contributed by atoms with Crippen LogP contribution in [0.3, 0.4) is 0 Å². The van der Waals surface area contributed by atoms with Crippen LogP contribution in [0.15, 0.2) is 42.3 Å². The lowest BCUT2D eigenvalue weighted by molar-refractivity contribution is -0.0270. The Balaban J connectivity index is 1.81. The minimum absolute atomic E-state index is 0.266. The fourth-order valence-corrected chi connectivity index (χ4v) is 3.01. The number of thiazole rings is 1. The van der Waals surface area contributed by atoms with Crippen molar-refractivity contribution in [2.75, 3.05) is 0 Å². The van der Waals surface area contributed by atoms with Crippen LogP contribution in [0.2, 0.25) is 0 Å². The Morgan fingerprint density at radius 2 is 2.00 bits per heavy atom. The topological polar surface area (TPSA) is 80.7 Å². The molecule has 1 atom stereocenters. The Morgan fingerprint density at radius 3 is 2.64 bits per heavy atom. The molecule has 2 N–H and O–H groups in total. The first-order valence-corrected chi connectivity index (χ1v) is 7.52. The largest absolute Gasteiger partial charge is 0.465 e. The maximum Gasteiger partial charge on any atom is 0.405 e. The molecule has 114 valence electrons. The van der Waals surface area contributed by atoms with E-state index in [1.807, 2.05) is 24.3 Å². The van der Waals surface area contributed by atoms with E-state index < -0.39 is 12.4 Å². The summed E-state index contributed by atoms with van der Waals surface area (Å²) >= 11 is 1.51. The normalized spacial score (nSPS) is 15.1. The molecule has 0 radical (unpaired) electrons. The summed E-state index contributed by atoms with van der Waals surface area (Å²) in [6, 6.07) is 7.41. The molecule has 1 aliphatic rings. The molecule has 0 bridgehead atoms. The van der Waals surface area contributed by atoms with Crippen molar-refractivity contribution in [1.29, 1.82) is 0 Å². The van der Waals surface area contributed by atoms with Gasteiger partial charge in [0.15, 0.2) is 0 Å². The number of rotatable bonds is 4. The minimum atomic E-state index is -1.04. The van der Waals surface area contributed by atoms with Crippen LogP contribution in [0, 0.1) is 0 Å². The van der Waals surface area contributed by atoms with Gasteiger partial charge in [-0.2, -0.15) is 0 Å². The number of ether oxygens (including phenoxy) is 2. The zero-order valence-corrected chi connectivity index (χ0v) is 12.5. The van der Waals surface area contributed by atoms with Gasteiger partial charge in [-0.3, -0.25) is 0 Å². The SMILES string of the molecule is C[C@H](NC(=O)O)c1ccc(-c2scnc2C2OC=CO2)cc1. The van der Waals surface area contributed by atoms with Crippen molar-refractivity contribution in [2.45, 2.75) is 19.3 Å². The second-order valence-corrected chi connectivity index (χ2v) is 5.59. The second kappa shape index (κ2) is 6.07. The number of benzene rings is 1. The third-order valence-corrected chi connectivity index (χ3v) is 4.18. The summed E-state index contributed by atoms with van der Waals surface area (Å²) in [6.45, 7) is 1.80. The van der Waals surface area contributed by atoms with Crippen molar-refractivity contribution < 1.29 is 19.4 Å². The summed E-state index contributed by atoms with van der Waals surface area (Å²) in [7, 11) is 0. The Kier molecular flexibility index (Phi) is 3.97. The van der Waals surface area contributed by atoms with Crippen LogP contribution in [0.4, 0.5) is 4.79 Å². The maximum atomic E-state index is 10.7. The van der Waals surface area contributed by atoms with Crippen LogP contribution >= 0.6 is 11.3 Å². The molecule has 2 heterocycles. The molecule has 2 aromatic rings. The highest BCUT2D eigenvalue weighted by atomic mass is 32.1. The average molecular weight is 318 g/mol. The van der Waals surface area contributed by atoms with E-state index >= 15 is 0 Å². The van der Waals surface area contributed by atoms with Gasteiger partial charge in [-0.15, -0.1) is 11.3 Å². The van der Waals surface area contributed by atoms with Gasteiger partial charge in [0.1, 0.15) is 18.2 Å². The first kappa shape index (κ1) is 14.4. The van der Waals surface area contributed by atoms with Gasteiger partial charge in [0.05, 0.1) is 16.4 Å². The van der Waals surface area contributed by atoms with Crippen LogP contribution in [0.5, 0.6) is 0 Å². The molecule has 0 spiro atoms. The zero-order valence-electron chi connectivity index (χ0n) is 11.7. The number of aromatic nitrogens is 1. The van der Waals surface area contributed by atoms with Crippen molar-refractivity contribution in [2.24, 2.45) is 0 Å². The maximum absolute atomic E-state index is 10.7. The van der Waals surface area contributed by atoms with Gasteiger partial charge in [-0.25, -0.2) is 9.78 Å². The van der Waals surface area contributed by atoms with E-state index in [4.69, 9.17) is 14.6 Å². The lowest BCUT2D eigenvalue weighted by Gasteiger charge is -2.13. The molecular weight excluding hydrogens is 304 g/mol. The molecule has 1 aromatic carbocycles. The monoisotopic (exact) mass is 318 g/mol. The van der Waals surface area contributed by atoms with Crippen LogP contribution < -0.4 is 5.32 Å². The van der Waals surface area contributed by atoms with E-state index in [2.05, 4.69) is 10.3 Å². The van der Waals surface area contributed by atoms with E-state index in [9.17, 15) is 4.79 Å². The minimum Gasteiger partial charge on any atom is -0.465 e. The number of nitrogens with one attached hydrogen (secondary N) is 1. The highest BCUT2D eigenvalue weighted by molar-refractivity contribution is 7.13. The number of carbonyl (C=O) groups is 1. The lowest BCUT2D eigenvalue weighted by atomic mass is 10.0. The molecule has 0 aliphatic carbocycles. The predicted octanol–water partition coefficient (Wildman–Crippen LogP) is 3.66. The molecule has 0 saturated carbocycles. The lowest BCUT2D eigenvalue weighted by Crippen LogP contribution is -2.24. The molecule has 0 unspecified atom stereocenters. The van der Waals surface area contributed by atoms with Gasteiger partial charge in [0, 0.05) is 0 Å². The van der Waals surface area contributed by atoms with E-state index in [0.717, 1.165) is 21.7 Å². The fourth-order valence-electron chi connectivity index (χ4n) is 2.20. The summed E-state index contributed by atoms with van der Waals surface area (Å²) in [5.74, 6) is 0. The van der Waals surface area contributed by atoms with Crippen LogP contribution in [0.1, 0.15) is 30.5 Å². The smallest absolute Gasteiger partial charge is 0.405 e. The number of hydrogen-bond donors (Lipinski definition) is 2. The highest BCUT2D eigenvalue weighted by Gasteiger charge is 2.23. The van der Waals surface area contributed by atoms with Gasteiger partial charge in [-0.1, -0.05) is 24.3 Å². The van der Waals surface area contributed by atoms with Crippen molar-refractivity contribution in [3.8, 4) is 10.4 Å². The molecule has 1 aliphatic heterocycles. The summed E-state index contributed by atoms with van der Waals surface area (Å²) in [5, 5.41) is 11.2. The van der Waals surface area contributed by atoms with Crippen molar-refractivity contribution in [1.82, 2.24) is 10.3 Å². The van der Waals surface area contributed by atoms with Crippen LogP contribution in [0.25, 0.3) is 10.4 Å². The van der Waals surface area contributed by atoms with E-state index in [1.54, 1.807) is 12.4 Å². The molecule has 6 nitrogen and oxygen atoms in total. The number of nitrogens with zero attached hydrogens (tertiary/aromatic N) is 1. The Labute approximate surface area is 131 Å². The van der Waals surface area contributed by atoms with Gasteiger partial charge in [0.2, 0.25) is 0 Å². The molecule has 0 fully saturated rings. The van der Waals surface area contributed by atoms with Crippen molar-refractivity contribution in [3.63, 3.8) is 0 Å². The zero-order chi connectivity index (χ0) is 15.5. The molecule has 3 rings (SSSR count). The second-order valence-electron chi connectivity index (χ2n) is 4.74. The molecule has 7 heteroatoms. The summed E-state index contributed by atoms with van der Waals surface area (Å²) < 4.78 is 10.7. The molecule has 1 aromatic heterocycles. The van der Waals surface area contributed by atoms with Gasteiger partial charge >= 0.3 is 6.09 Å². The Hall–Kier alpha value is -2.54. The number of carboxylic acid groups (broad SMARTS) is 1. The van der Waals surface area contributed by atoms with Gasteiger partial charge in [0.25, 0.3) is 6.29 Å². The summed E-state index contributed by atoms with van der Waals surface area (Å²) in [4.78, 5) is 16.0. The molecule has 1 amide bonds. The average Bonchev–Trinajstić information content (AvgIpc) is 3.17. The van der Waals surface area contributed by atoms with Crippen LogP contribution in [-0.2, 0) is 9.47 Å². The number of hydrogen-bond acceptors (Lipinski definition) is 5. The van der Waals surface area contributed by atoms with Crippen molar-refractivity contribution >= 4 is 17.4 Å². The number of amides is 1. The Morgan fingerprint density at radius 1 is 1.32 bits per heavy atom. The summed E-state index contributed by atoms with van der Waals surface area (Å²) in [5.41, 5.74) is 4.37. The highest BCUT2D eigenvalue weighted by Crippen LogP contribution is 2.35. The van der Waals surface area contributed by atoms with E-state index in [-0.39, 0.29) is 6.04 Å². The molecule has 0 saturated heterocycles. The third kappa shape index (κ3) is 2.89. The Bertz CT molecular complexity index is 688. The van der Waals surface area contributed by atoms with E-state index in [0.29, 0.717) is 0 Å². The third-order valence-electron chi connectivity index (χ3n) is 3.29. The summed E-state index contributed by atoms with van der Waals surface area (Å²) in [6.07, 6.45) is 1.45. The molecular formula is C15H14N2O4S. The van der Waals surface area contributed by atoms with Gasteiger partial charge in [-0.05, 0) is 18.1 Å². The van der Waals surface area contributed by atoms with Crippen molar-refractivity contribution in [3.05, 3.63) is 53.6 Å².